The monoisotopic (exact) mass is 254 g/mol. The van der Waals surface area contributed by atoms with Gasteiger partial charge in [-0.25, -0.2) is 0 Å². The van der Waals surface area contributed by atoms with E-state index in [0.717, 1.165) is 30.2 Å². The van der Waals surface area contributed by atoms with Crippen LogP contribution < -0.4 is 0 Å². The maximum Gasteiger partial charge on any atom is 0.0540 e. The summed E-state index contributed by atoms with van der Waals surface area (Å²) in [7, 11) is 0. The molecule has 1 fully saturated rings. The third-order valence-corrected chi connectivity index (χ3v) is 3.51. The van der Waals surface area contributed by atoms with E-state index in [4.69, 9.17) is 0 Å². The molecule has 0 saturated heterocycles. The van der Waals surface area contributed by atoms with E-state index >= 15 is 0 Å². The molecule has 0 bridgehead atoms. The van der Waals surface area contributed by atoms with Crippen LogP contribution in [-0.2, 0) is 0 Å². The van der Waals surface area contributed by atoms with Gasteiger partial charge in [-0.3, -0.25) is 0 Å². The molecule has 1 N–H and O–H groups in total. The minimum absolute atomic E-state index is 0.0570. The molecule has 1 aliphatic rings. The number of aliphatic hydroxyl groups is 1. The maximum atomic E-state index is 9.42. The van der Waals surface area contributed by atoms with Gasteiger partial charge in [0.05, 0.1) is 6.10 Å². The van der Waals surface area contributed by atoms with Crippen LogP contribution in [0.4, 0.5) is 0 Å². The van der Waals surface area contributed by atoms with Gasteiger partial charge in [-0.2, -0.15) is 0 Å². The van der Waals surface area contributed by atoms with E-state index in [9.17, 15) is 5.11 Å². The van der Waals surface area contributed by atoms with Crippen LogP contribution in [0.3, 0.4) is 0 Å². The number of rotatable bonds is 1. The van der Waals surface area contributed by atoms with Crippen LogP contribution in [-0.4, -0.2) is 11.2 Å². The van der Waals surface area contributed by atoms with Crippen LogP contribution in [0.5, 0.6) is 0 Å². The third kappa shape index (κ3) is 2.37. The minimum atomic E-state index is -0.0570. The summed E-state index contributed by atoms with van der Waals surface area (Å²) in [5.41, 5.74) is 1.41. The van der Waals surface area contributed by atoms with E-state index in [1.54, 1.807) is 0 Å². The zero-order chi connectivity index (χ0) is 9.97. The summed E-state index contributed by atoms with van der Waals surface area (Å²) in [6.07, 6.45) is 4.10. The number of aliphatic hydroxyl groups excluding tert-OH is 1. The van der Waals surface area contributed by atoms with Crippen molar-refractivity contribution in [3.63, 3.8) is 0 Å². The summed E-state index contributed by atoms with van der Waals surface area (Å²) in [6, 6.07) is 8.53. The highest BCUT2D eigenvalue weighted by Gasteiger charge is 2.20. The highest BCUT2D eigenvalue weighted by molar-refractivity contribution is 9.10. The summed E-state index contributed by atoms with van der Waals surface area (Å²) >= 11 is 3.49. The number of hydrogen-bond acceptors (Lipinski definition) is 1. The van der Waals surface area contributed by atoms with E-state index in [0.29, 0.717) is 5.92 Å². The molecule has 76 valence electrons. The predicted octanol–water partition coefficient (Wildman–Crippen LogP) is 3.47. The molecule has 1 aliphatic carbocycles. The Balaban J connectivity index is 2.08. The zero-order valence-electron chi connectivity index (χ0n) is 8.12. The zero-order valence-corrected chi connectivity index (χ0v) is 9.70. The van der Waals surface area contributed by atoms with Crippen molar-refractivity contribution < 1.29 is 5.11 Å². The molecule has 2 heteroatoms. The lowest BCUT2D eigenvalue weighted by atomic mass is 9.83. The lowest BCUT2D eigenvalue weighted by molar-refractivity contribution is 0.122. The first-order chi connectivity index (χ1) is 6.75. The normalized spacial score (nSPS) is 27.6. The van der Waals surface area contributed by atoms with E-state index < -0.39 is 0 Å². The lowest BCUT2D eigenvalue weighted by Crippen LogP contribution is -2.16. The molecule has 0 unspecified atom stereocenters. The quantitative estimate of drug-likeness (QED) is 0.814. The van der Waals surface area contributed by atoms with Gasteiger partial charge in [-0.1, -0.05) is 28.1 Å². The number of halogens is 1. The summed E-state index contributed by atoms with van der Waals surface area (Å²) in [5.74, 6) is 0.649. The number of benzene rings is 1. The van der Waals surface area contributed by atoms with Crippen LogP contribution in [0, 0.1) is 0 Å². The van der Waals surface area contributed by atoms with E-state index in [1.807, 2.05) is 0 Å². The predicted molar refractivity (Wildman–Crippen MR) is 61.4 cm³/mol. The fourth-order valence-electron chi connectivity index (χ4n) is 2.17. The molecule has 0 aromatic heterocycles. The van der Waals surface area contributed by atoms with Gasteiger partial charge in [0, 0.05) is 4.47 Å². The summed E-state index contributed by atoms with van der Waals surface area (Å²) in [4.78, 5) is 0. The highest BCUT2D eigenvalue weighted by atomic mass is 79.9. The van der Waals surface area contributed by atoms with Crippen molar-refractivity contribution in [2.75, 3.05) is 0 Å². The Bertz CT molecular complexity index is 303. The van der Waals surface area contributed by atoms with Gasteiger partial charge >= 0.3 is 0 Å². The van der Waals surface area contributed by atoms with Crippen LogP contribution in [0.15, 0.2) is 28.7 Å². The highest BCUT2D eigenvalue weighted by Crippen LogP contribution is 2.33. The fourth-order valence-corrected chi connectivity index (χ4v) is 2.59. The minimum Gasteiger partial charge on any atom is -0.393 e. The van der Waals surface area contributed by atoms with Crippen molar-refractivity contribution in [1.29, 1.82) is 0 Å². The molecule has 0 radical (unpaired) electrons. The van der Waals surface area contributed by atoms with E-state index in [1.165, 1.54) is 5.56 Å². The van der Waals surface area contributed by atoms with Crippen LogP contribution in [0.2, 0.25) is 0 Å². The largest absolute Gasteiger partial charge is 0.393 e. The van der Waals surface area contributed by atoms with Crippen molar-refractivity contribution in [3.05, 3.63) is 34.3 Å². The van der Waals surface area contributed by atoms with E-state index in [2.05, 4.69) is 40.2 Å². The Kier molecular flexibility index (Phi) is 3.24. The standard InChI is InChI=1S/C12H15BrO/c13-11-3-1-2-10(8-11)9-4-6-12(14)7-5-9/h1-3,8-9,12,14H,4-7H2. The first-order valence-electron chi connectivity index (χ1n) is 5.19. The van der Waals surface area contributed by atoms with Crippen molar-refractivity contribution in [2.24, 2.45) is 0 Å². The molecule has 1 nitrogen and oxygen atoms in total. The molecule has 1 aromatic carbocycles. The van der Waals surface area contributed by atoms with Gasteiger partial charge in [0.15, 0.2) is 0 Å². The third-order valence-electron chi connectivity index (χ3n) is 3.02. The average molecular weight is 255 g/mol. The molecule has 14 heavy (non-hydrogen) atoms. The van der Waals surface area contributed by atoms with Crippen LogP contribution in [0.1, 0.15) is 37.2 Å². The average Bonchev–Trinajstić information content (AvgIpc) is 2.19. The maximum absolute atomic E-state index is 9.42. The van der Waals surface area contributed by atoms with Gasteiger partial charge in [0.2, 0.25) is 0 Å². The van der Waals surface area contributed by atoms with Gasteiger partial charge in [-0.05, 0) is 49.3 Å². The summed E-state index contributed by atoms with van der Waals surface area (Å²) < 4.78 is 1.15. The Morgan fingerprint density at radius 1 is 1.14 bits per heavy atom. The van der Waals surface area contributed by atoms with Crippen molar-refractivity contribution >= 4 is 15.9 Å². The molecule has 1 aromatic rings. The Morgan fingerprint density at radius 3 is 2.50 bits per heavy atom. The first kappa shape index (κ1) is 10.2. The van der Waals surface area contributed by atoms with Gasteiger partial charge in [0.1, 0.15) is 0 Å². The lowest BCUT2D eigenvalue weighted by Gasteiger charge is -2.25. The van der Waals surface area contributed by atoms with Gasteiger partial charge in [-0.15, -0.1) is 0 Å². The second-order valence-corrected chi connectivity index (χ2v) is 4.98. The number of hydrogen-bond donors (Lipinski definition) is 1. The van der Waals surface area contributed by atoms with E-state index in [-0.39, 0.29) is 6.10 Å². The topological polar surface area (TPSA) is 20.2 Å². The molecular formula is C12H15BrO. The molecule has 2 rings (SSSR count). The molecule has 0 heterocycles. The molecule has 0 amide bonds. The van der Waals surface area contributed by atoms with Crippen LogP contribution in [0.25, 0.3) is 0 Å². The van der Waals surface area contributed by atoms with Crippen molar-refractivity contribution in [1.82, 2.24) is 0 Å². The Hall–Kier alpha value is -0.340. The van der Waals surface area contributed by atoms with Crippen LogP contribution >= 0.6 is 15.9 Å². The van der Waals surface area contributed by atoms with Crippen molar-refractivity contribution in [2.45, 2.75) is 37.7 Å². The summed E-state index contributed by atoms with van der Waals surface area (Å²) in [5, 5.41) is 9.42. The fraction of sp³-hybridized carbons (Fsp3) is 0.500. The van der Waals surface area contributed by atoms with Gasteiger partial charge in [0.25, 0.3) is 0 Å². The smallest absolute Gasteiger partial charge is 0.0540 e. The van der Waals surface area contributed by atoms with Gasteiger partial charge < -0.3 is 5.11 Å². The SMILES string of the molecule is OC1CCC(c2cccc(Br)c2)CC1. The molecule has 0 aliphatic heterocycles. The van der Waals surface area contributed by atoms with Crippen molar-refractivity contribution in [3.8, 4) is 0 Å². The molecule has 1 saturated carbocycles. The molecular weight excluding hydrogens is 240 g/mol. The second kappa shape index (κ2) is 4.45. The Morgan fingerprint density at radius 2 is 1.86 bits per heavy atom. The summed E-state index contributed by atoms with van der Waals surface area (Å²) in [6.45, 7) is 0. The molecule has 0 atom stereocenters. The molecule has 0 spiro atoms. The Labute approximate surface area is 93.3 Å². The first-order valence-corrected chi connectivity index (χ1v) is 5.98. The second-order valence-electron chi connectivity index (χ2n) is 4.06.